The summed E-state index contributed by atoms with van der Waals surface area (Å²) < 4.78 is 5.81. The summed E-state index contributed by atoms with van der Waals surface area (Å²) in [4.78, 5) is 17.1. The molecular weight excluding hydrogens is 344 g/mol. The fourth-order valence-electron chi connectivity index (χ4n) is 4.72. The summed E-state index contributed by atoms with van der Waals surface area (Å²) in [5, 5.41) is 1.35. The van der Waals surface area contributed by atoms with Crippen molar-refractivity contribution in [3.05, 3.63) is 16.8 Å². The van der Waals surface area contributed by atoms with Gasteiger partial charge < -0.3 is 9.64 Å². The smallest absolute Gasteiger partial charge is 0.141 e. The summed E-state index contributed by atoms with van der Waals surface area (Å²) >= 11 is 1.90. The molecule has 1 aliphatic carbocycles. The van der Waals surface area contributed by atoms with Gasteiger partial charge >= 0.3 is 0 Å². The summed E-state index contributed by atoms with van der Waals surface area (Å²) in [6.07, 6.45) is 8.38. The van der Waals surface area contributed by atoms with Gasteiger partial charge in [-0.3, -0.25) is 4.90 Å². The number of hydrogen-bond acceptors (Lipinski definition) is 6. The Balaban J connectivity index is 1.35. The van der Waals surface area contributed by atoms with Crippen LogP contribution in [0.3, 0.4) is 0 Å². The van der Waals surface area contributed by atoms with E-state index in [-0.39, 0.29) is 0 Å². The van der Waals surface area contributed by atoms with Gasteiger partial charge in [0.15, 0.2) is 0 Å². The number of anilines is 1. The fourth-order valence-corrected chi connectivity index (χ4v) is 6.06. The first kappa shape index (κ1) is 16.9. The minimum atomic E-state index is 0.457. The molecule has 2 fully saturated rings. The third-order valence-corrected chi connectivity index (χ3v) is 7.39. The van der Waals surface area contributed by atoms with Crippen LogP contribution in [0.2, 0.25) is 0 Å². The molecule has 4 heterocycles. The van der Waals surface area contributed by atoms with Crippen molar-refractivity contribution in [2.24, 2.45) is 5.92 Å². The summed E-state index contributed by atoms with van der Waals surface area (Å²) in [6, 6.07) is 0. The summed E-state index contributed by atoms with van der Waals surface area (Å²) in [5.74, 6) is 1.98. The Morgan fingerprint density at radius 2 is 2.08 bits per heavy atom. The molecule has 3 aliphatic rings. The maximum absolute atomic E-state index is 5.81. The van der Waals surface area contributed by atoms with Crippen molar-refractivity contribution < 1.29 is 4.74 Å². The van der Waals surface area contributed by atoms with Gasteiger partial charge in [-0.15, -0.1) is 11.3 Å². The second kappa shape index (κ2) is 7.06. The van der Waals surface area contributed by atoms with Crippen LogP contribution in [0.15, 0.2) is 6.33 Å². The van der Waals surface area contributed by atoms with Crippen LogP contribution in [0.4, 0.5) is 5.82 Å². The van der Waals surface area contributed by atoms with E-state index in [4.69, 9.17) is 9.72 Å². The number of ether oxygens (including phenoxy) is 1. The van der Waals surface area contributed by atoms with E-state index in [1.165, 1.54) is 48.1 Å². The maximum atomic E-state index is 5.81. The normalized spacial score (nSPS) is 27.2. The van der Waals surface area contributed by atoms with E-state index in [0.717, 1.165) is 45.2 Å². The van der Waals surface area contributed by atoms with Crippen LogP contribution in [-0.2, 0) is 17.6 Å². The van der Waals surface area contributed by atoms with Gasteiger partial charge in [0.05, 0.1) is 11.5 Å². The highest BCUT2D eigenvalue weighted by Crippen LogP contribution is 2.40. The molecule has 2 aromatic rings. The molecule has 0 radical (unpaired) electrons. The Morgan fingerprint density at radius 1 is 1.19 bits per heavy atom. The van der Waals surface area contributed by atoms with E-state index in [9.17, 15) is 0 Å². The highest BCUT2D eigenvalue weighted by Gasteiger charge is 2.27. The third-order valence-electron chi connectivity index (χ3n) is 6.23. The molecule has 0 N–H and O–H groups in total. The van der Waals surface area contributed by atoms with Crippen molar-refractivity contribution in [3.8, 4) is 0 Å². The van der Waals surface area contributed by atoms with Crippen LogP contribution in [0, 0.1) is 5.92 Å². The number of nitrogens with zero attached hydrogens (tertiary/aromatic N) is 4. The van der Waals surface area contributed by atoms with Crippen LogP contribution >= 0.6 is 11.3 Å². The van der Waals surface area contributed by atoms with Crippen LogP contribution in [-0.4, -0.2) is 60.3 Å². The Bertz CT molecular complexity index is 777. The monoisotopic (exact) mass is 372 g/mol. The number of rotatable bonds is 3. The Hall–Kier alpha value is -1.24. The zero-order chi connectivity index (χ0) is 17.5. The van der Waals surface area contributed by atoms with Crippen molar-refractivity contribution in [2.75, 3.05) is 44.2 Å². The Kier molecular flexibility index (Phi) is 4.59. The summed E-state index contributed by atoms with van der Waals surface area (Å²) in [6.45, 7) is 8.74. The number of aryl methyl sites for hydroxylation is 1. The summed E-state index contributed by atoms with van der Waals surface area (Å²) in [5.41, 5.74) is 1.54. The van der Waals surface area contributed by atoms with Crippen molar-refractivity contribution in [1.82, 2.24) is 14.9 Å². The molecule has 26 heavy (non-hydrogen) atoms. The van der Waals surface area contributed by atoms with Gasteiger partial charge in [-0.1, -0.05) is 6.92 Å². The minimum Gasteiger partial charge on any atom is -0.377 e. The van der Waals surface area contributed by atoms with Crippen LogP contribution in [0.1, 0.15) is 36.6 Å². The van der Waals surface area contributed by atoms with Crippen LogP contribution in [0.25, 0.3) is 10.2 Å². The largest absolute Gasteiger partial charge is 0.377 e. The molecule has 0 amide bonds. The number of piperazine rings is 1. The van der Waals surface area contributed by atoms with Crippen LogP contribution in [0.5, 0.6) is 0 Å². The fraction of sp³-hybridized carbons (Fsp3) is 0.700. The summed E-state index contributed by atoms with van der Waals surface area (Å²) in [7, 11) is 0. The molecule has 5 nitrogen and oxygen atoms in total. The van der Waals surface area contributed by atoms with Gasteiger partial charge in [0.1, 0.15) is 17.0 Å². The maximum Gasteiger partial charge on any atom is 0.141 e. The molecule has 2 atom stereocenters. The lowest BCUT2D eigenvalue weighted by atomic mass is 9.89. The molecule has 140 valence electrons. The first-order valence-electron chi connectivity index (χ1n) is 10.1. The third kappa shape index (κ3) is 3.12. The second-order valence-electron chi connectivity index (χ2n) is 8.15. The highest BCUT2D eigenvalue weighted by molar-refractivity contribution is 7.19. The van der Waals surface area contributed by atoms with E-state index in [0.29, 0.717) is 6.10 Å². The highest BCUT2D eigenvalue weighted by atomic mass is 32.1. The zero-order valence-corrected chi connectivity index (χ0v) is 16.4. The first-order valence-corrected chi connectivity index (χ1v) is 10.9. The van der Waals surface area contributed by atoms with Crippen molar-refractivity contribution in [2.45, 2.75) is 45.1 Å². The quantitative estimate of drug-likeness (QED) is 0.828. The molecule has 0 aromatic carbocycles. The first-order chi connectivity index (χ1) is 12.8. The number of thiophene rings is 1. The predicted molar refractivity (Wildman–Crippen MR) is 106 cm³/mol. The molecule has 0 spiro atoms. The molecule has 0 bridgehead atoms. The average Bonchev–Trinajstić information content (AvgIpc) is 3.29. The molecule has 6 heteroatoms. The lowest BCUT2D eigenvalue weighted by Gasteiger charge is -2.36. The molecule has 2 aromatic heterocycles. The van der Waals surface area contributed by atoms with Gasteiger partial charge in [-0.2, -0.15) is 0 Å². The second-order valence-corrected chi connectivity index (χ2v) is 9.24. The standard InChI is InChI=1S/C20H28N4OS/c1-14-4-5-16-17(11-14)26-20-18(16)19(21-13-22-20)24-8-6-23(7-9-24)12-15-3-2-10-25-15/h13-15H,2-12H2,1H3/t14-,15+/m1/s1. The molecule has 5 rings (SSSR count). The van der Waals surface area contributed by atoms with E-state index >= 15 is 0 Å². The molecular formula is C20H28N4OS. The Morgan fingerprint density at radius 3 is 2.88 bits per heavy atom. The number of aromatic nitrogens is 2. The molecule has 0 saturated carbocycles. The molecule has 2 saturated heterocycles. The van der Waals surface area contributed by atoms with Crippen molar-refractivity contribution >= 4 is 27.4 Å². The van der Waals surface area contributed by atoms with Gasteiger partial charge in [0, 0.05) is 44.2 Å². The Labute approximate surface area is 159 Å². The van der Waals surface area contributed by atoms with E-state index in [1.807, 2.05) is 11.3 Å². The topological polar surface area (TPSA) is 41.5 Å². The lowest BCUT2D eigenvalue weighted by Crippen LogP contribution is -2.48. The van der Waals surface area contributed by atoms with Crippen molar-refractivity contribution in [3.63, 3.8) is 0 Å². The van der Waals surface area contributed by atoms with E-state index in [2.05, 4.69) is 21.7 Å². The van der Waals surface area contributed by atoms with Crippen molar-refractivity contribution in [1.29, 1.82) is 0 Å². The lowest BCUT2D eigenvalue weighted by molar-refractivity contribution is 0.0712. The minimum absolute atomic E-state index is 0.457. The average molecular weight is 373 g/mol. The van der Waals surface area contributed by atoms with E-state index in [1.54, 1.807) is 16.8 Å². The predicted octanol–water partition coefficient (Wildman–Crippen LogP) is 3.12. The van der Waals surface area contributed by atoms with Gasteiger partial charge in [0.2, 0.25) is 0 Å². The zero-order valence-electron chi connectivity index (χ0n) is 15.6. The number of fused-ring (bicyclic) bond motifs is 3. The SMILES string of the molecule is C[C@@H]1CCc2c(sc3ncnc(N4CCN(C[C@@H]5CCCO5)CC4)c23)C1. The number of hydrogen-bond donors (Lipinski definition) is 0. The molecule has 2 aliphatic heterocycles. The molecule has 0 unspecified atom stereocenters. The van der Waals surface area contributed by atoms with E-state index < -0.39 is 0 Å². The van der Waals surface area contributed by atoms with Gasteiger partial charge in [-0.05, 0) is 43.6 Å². The van der Waals surface area contributed by atoms with Gasteiger partial charge in [0.25, 0.3) is 0 Å². The van der Waals surface area contributed by atoms with Crippen LogP contribution < -0.4 is 4.90 Å². The van der Waals surface area contributed by atoms with Gasteiger partial charge in [-0.25, -0.2) is 9.97 Å².